The molecule has 1 N–H and O–H groups in total. The van der Waals surface area contributed by atoms with Gasteiger partial charge in [0.1, 0.15) is 0 Å². The summed E-state index contributed by atoms with van der Waals surface area (Å²) < 4.78 is 0. The Balaban J connectivity index is 2.53. The topological polar surface area (TPSA) is 12.0 Å². The van der Waals surface area contributed by atoms with E-state index in [2.05, 4.69) is 19.2 Å². The predicted molar refractivity (Wildman–Crippen MR) is 42.3 cm³/mol. The molecule has 0 rings (SSSR count). The van der Waals surface area contributed by atoms with E-state index in [0.717, 1.165) is 15.1 Å². The van der Waals surface area contributed by atoms with Crippen molar-refractivity contribution in [2.45, 2.75) is 13.8 Å². The summed E-state index contributed by atoms with van der Waals surface area (Å²) in [6.45, 7) is 6.72. The Labute approximate surface area is 54.0 Å². The molecule has 0 saturated carbocycles. The lowest BCUT2D eigenvalue weighted by Crippen LogP contribution is -2.15. The third-order valence-corrected chi connectivity index (χ3v) is 2.08. The van der Waals surface area contributed by atoms with E-state index in [9.17, 15) is 0 Å². The Bertz CT molecular complexity index is 33.5. The van der Waals surface area contributed by atoms with E-state index in [1.165, 1.54) is 18.9 Å². The molecule has 0 aliphatic carbocycles. The molecule has 1 unspecified atom stereocenters. The lowest BCUT2D eigenvalue weighted by atomic mass is 10.7. The van der Waals surface area contributed by atoms with Crippen LogP contribution in [0.5, 0.6) is 0 Å². The van der Waals surface area contributed by atoms with Crippen LogP contribution >= 0.6 is 8.58 Å². The zero-order chi connectivity index (χ0) is 6.24. The molecule has 0 aromatic rings. The minimum Gasteiger partial charge on any atom is -0.317 e. The van der Waals surface area contributed by atoms with Gasteiger partial charge < -0.3 is 5.32 Å². The monoisotopic (exact) mass is 133 g/mol. The van der Waals surface area contributed by atoms with Gasteiger partial charge in [0.25, 0.3) is 0 Å². The maximum absolute atomic E-state index is 3.29. The largest absolute Gasteiger partial charge is 0.317 e. The van der Waals surface area contributed by atoms with Crippen molar-refractivity contribution < 1.29 is 0 Å². The van der Waals surface area contributed by atoms with Gasteiger partial charge in [-0.2, -0.15) is 0 Å². The Morgan fingerprint density at radius 3 is 2.62 bits per heavy atom. The van der Waals surface area contributed by atoms with E-state index >= 15 is 0 Å². The minimum atomic E-state index is 1.12. The third-order valence-electron chi connectivity index (χ3n) is 0.979. The highest BCUT2D eigenvalue weighted by molar-refractivity contribution is 7.37. The van der Waals surface area contributed by atoms with Gasteiger partial charge in [-0.25, -0.2) is 0 Å². The molecule has 0 fully saturated rings. The third kappa shape index (κ3) is 6.39. The molecule has 0 heterocycles. The van der Waals surface area contributed by atoms with Gasteiger partial charge in [0.2, 0.25) is 0 Å². The summed E-state index contributed by atoms with van der Waals surface area (Å²) in [5.74, 6) is 0. The molecule has 1 nitrogen and oxygen atoms in total. The molecule has 0 bridgehead atoms. The van der Waals surface area contributed by atoms with Gasteiger partial charge in [0.05, 0.1) is 0 Å². The quantitative estimate of drug-likeness (QED) is 0.440. The molecule has 0 spiro atoms. The average molecular weight is 133 g/mol. The summed E-state index contributed by atoms with van der Waals surface area (Å²) in [5.41, 5.74) is 0. The Hall–Kier alpha value is 0.390. The molecular formula is C6H16NP. The van der Waals surface area contributed by atoms with E-state index < -0.39 is 0 Å². The first-order chi connectivity index (χ1) is 3.91. The molecule has 0 saturated heterocycles. The summed E-state index contributed by atoms with van der Waals surface area (Å²) in [7, 11) is 1.16. The van der Waals surface area contributed by atoms with Crippen LogP contribution in [0.25, 0.3) is 0 Å². The predicted octanol–water partition coefficient (Wildman–Crippen LogP) is 1.29. The van der Waals surface area contributed by atoms with E-state index in [-0.39, 0.29) is 0 Å². The van der Waals surface area contributed by atoms with Gasteiger partial charge >= 0.3 is 0 Å². The molecule has 0 aromatic heterocycles. The van der Waals surface area contributed by atoms with Crippen molar-refractivity contribution in [1.29, 1.82) is 0 Å². The summed E-state index contributed by atoms with van der Waals surface area (Å²) in [6, 6.07) is 0. The van der Waals surface area contributed by atoms with Gasteiger partial charge in [0, 0.05) is 0 Å². The van der Waals surface area contributed by atoms with E-state index in [1.54, 1.807) is 0 Å². The Morgan fingerprint density at radius 2 is 2.12 bits per heavy atom. The molecule has 2 heteroatoms. The summed E-state index contributed by atoms with van der Waals surface area (Å²) in [6.07, 6.45) is 2.72. The smallest absolute Gasteiger partial charge is 0.00120 e. The van der Waals surface area contributed by atoms with Crippen molar-refractivity contribution >= 4 is 8.58 Å². The van der Waals surface area contributed by atoms with Gasteiger partial charge in [-0.15, -0.1) is 8.58 Å². The van der Waals surface area contributed by atoms with Gasteiger partial charge in [-0.3, -0.25) is 0 Å². The first-order valence-corrected chi connectivity index (χ1v) is 4.74. The number of rotatable bonds is 5. The SMILES string of the molecule is CCNCCPCC. The van der Waals surface area contributed by atoms with Crippen LogP contribution in [0.4, 0.5) is 0 Å². The second-order valence-electron chi connectivity index (χ2n) is 1.71. The number of hydrogen-bond acceptors (Lipinski definition) is 1. The van der Waals surface area contributed by atoms with Crippen LogP contribution in [0, 0.1) is 0 Å². The average Bonchev–Trinajstić information content (AvgIpc) is 1.81. The first-order valence-electron chi connectivity index (χ1n) is 3.33. The molecule has 0 radical (unpaired) electrons. The molecule has 0 aliphatic rings. The van der Waals surface area contributed by atoms with Crippen LogP contribution in [0.1, 0.15) is 13.8 Å². The van der Waals surface area contributed by atoms with Crippen LogP contribution < -0.4 is 5.32 Å². The summed E-state index contributed by atoms with van der Waals surface area (Å²) in [5, 5.41) is 3.29. The maximum atomic E-state index is 3.29. The van der Waals surface area contributed by atoms with Crippen molar-refractivity contribution in [2.24, 2.45) is 0 Å². The van der Waals surface area contributed by atoms with Crippen molar-refractivity contribution in [1.82, 2.24) is 5.32 Å². The second kappa shape index (κ2) is 7.39. The molecule has 1 atom stereocenters. The van der Waals surface area contributed by atoms with Gasteiger partial charge in [-0.1, -0.05) is 13.8 Å². The van der Waals surface area contributed by atoms with E-state index in [1.807, 2.05) is 0 Å². The van der Waals surface area contributed by atoms with E-state index in [0.29, 0.717) is 0 Å². The van der Waals surface area contributed by atoms with Crippen LogP contribution in [0.3, 0.4) is 0 Å². The Kier molecular flexibility index (Phi) is 7.75. The van der Waals surface area contributed by atoms with Crippen LogP contribution in [0.2, 0.25) is 0 Å². The standard InChI is InChI=1S/C6H16NP/c1-3-7-5-6-8-4-2/h7-8H,3-6H2,1-2H3. The van der Waals surface area contributed by atoms with Crippen molar-refractivity contribution in [3.8, 4) is 0 Å². The highest BCUT2D eigenvalue weighted by Crippen LogP contribution is 2.04. The molecule has 0 aromatic carbocycles. The van der Waals surface area contributed by atoms with Crippen molar-refractivity contribution in [3.05, 3.63) is 0 Å². The van der Waals surface area contributed by atoms with Crippen LogP contribution in [0.15, 0.2) is 0 Å². The number of hydrogen-bond donors (Lipinski definition) is 1. The normalized spacial score (nSPS) is 11.2. The molecular weight excluding hydrogens is 117 g/mol. The van der Waals surface area contributed by atoms with Crippen molar-refractivity contribution in [3.63, 3.8) is 0 Å². The zero-order valence-electron chi connectivity index (χ0n) is 5.83. The molecule has 50 valence electrons. The lowest BCUT2D eigenvalue weighted by molar-refractivity contribution is 0.767. The summed E-state index contributed by atoms with van der Waals surface area (Å²) in [4.78, 5) is 0. The van der Waals surface area contributed by atoms with E-state index in [4.69, 9.17) is 0 Å². The lowest BCUT2D eigenvalue weighted by Gasteiger charge is -1.97. The highest BCUT2D eigenvalue weighted by atomic mass is 31.1. The number of nitrogens with one attached hydrogen (secondary N) is 1. The minimum absolute atomic E-state index is 1.12. The fourth-order valence-corrected chi connectivity index (χ4v) is 1.24. The summed E-state index contributed by atoms with van der Waals surface area (Å²) >= 11 is 0. The van der Waals surface area contributed by atoms with Gasteiger partial charge in [-0.05, 0) is 25.4 Å². The fourth-order valence-electron chi connectivity index (χ4n) is 0.530. The zero-order valence-corrected chi connectivity index (χ0v) is 6.83. The molecule has 8 heavy (non-hydrogen) atoms. The Morgan fingerprint density at radius 1 is 1.38 bits per heavy atom. The maximum Gasteiger partial charge on any atom is -0.00120 e. The highest BCUT2D eigenvalue weighted by Gasteiger charge is 1.80. The first kappa shape index (κ1) is 8.39. The second-order valence-corrected chi connectivity index (χ2v) is 3.41. The molecule has 0 aliphatic heterocycles. The fraction of sp³-hybridized carbons (Fsp3) is 1.00. The van der Waals surface area contributed by atoms with Crippen LogP contribution in [-0.4, -0.2) is 25.4 Å². The van der Waals surface area contributed by atoms with Crippen LogP contribution in [-0.2, 0) is 0 Å². The van der Waals surface area contributed by atoms with Crippen molar-refractivity contribution in [2.75, 3.05) is 25.4 Å². The molecule has 0 amide bonds. The van der Waals surface area contributed by atoms with Gasteiger partial charge in [0.15, 0.2) is 0 Å².